The number of rotatable bonds is 4. The summed E-state index contributed by atoms with van der Waals surface area (Å²) < 4.78 is 5.67. The molecule has 0 saturated heterocycles. The maximum absolute atomic E-state index is 11.5. The van der Waals surface area contributed by atoms with Crippen LogP contribution in [0.15, 0.2) is 34.8 Å². The molecule has 1 atom stereocenters. The molecule has 0 spiro atoms. The summed E-state index contributed by atoms with van der Waals surface area (Å²) in [6.45, 7) is 3.83. The number of hydrogen-bond donors (Lipinski definition) is 1. The molecule has 2 aromatic rings. The first-order chi connectivity index (χ1) is 9.99. The summed E-state index contributed by atoms with van der Waals surface area (Å²) in [6.07, 6.45) is 0. The lowest BCUT2D eigenvalue weighted by Gasteiger charge is -2.16. The molecule has 1 aromatic carbocycles. The van der Waals surface area contributed by atoms with Gasteiger partial charge in [-0.15, -0.1) is 0 Å². The largest absolute Gasteiger partial charge is 0.463 e. The van der Waals surface area contributed by atoms with Crippen molar-refractivity contribution in [2.75, 3.05) is 12.4 Å². The number of ether oxygens (including phenoxy) is 1. The summed E-state index contributed by atoms with van der Waals surface area (Å²) in [4.78, 5) is 19.8. The van der Waals surface area contributed by atoms with E-state index >= 15 is 0 Å². The van der Waals surface area contributed by atoms with Gasteiger partial charge < -0.3 is 10.1 Å². The number of esters is 1. The Morgan fingerprint density at radius 3 is 2.76 bits per heavy atom. The predicted octanol–water partition coefficient (Wildman–Crippen LogP) is 3.51. The van der Waals surface area contributed by atoms with Gasteiger partial charge in [-0.2, -0.15) is 0 Å². The number of carbonyl (C=O) groups excluding carboxylic acids is 1. The summed E-state index contributed by atoms with van der Waals surface area (Å²) >= 11 is 3.45. The van der Waals surface area contributed by atoms with Gasteiger partial charge in [-0.3, -0.25) is 0 Å². The van der Waals surface area contributed by atoms with Crippen LogP contribution < -0.4 is 5.32 Å². The van der Waals surface area contributed by atoms with Crippen molar-refractivity contribution < 1.29 is 9.53 Å². The minimum atomic E-state index is -0.545. The van der Waals surface area contributed by atoms with Gasteiger partial charge in [-0.1, -0.05) is 28.1 Å². The van der Waals surface area contributed by atoms with Gasteiger partial charge in [0.15, 0.2) is 0 Å². The first-order valence-corrected chi connectivity index (χ1v) is 7.25. The Kier molecular flexibility index (Phi) is 4.90. The van der Waals surface area contributed by atoms with Gasteiger partial charge >= 0.3 is 5.97 Å². The third-order valence-electron chi connectivity index (χ3n) is 2.94. The molecule has 0 fully saturated rings. The van der Waals surface area contributed by atoms with Gasteiger partial charge in [-0.25, -0.2) is 14.8 Å². The summed E-state index contributed by atoms with van der Waals surface area (Å²) in [7, 11) is 1.31. The normalized spacial score (nSPS) is 11.8. The average molecular weight is 350 g/mol. The molecule has 0 amide bonds. The molecular weight excluding hydrogens is 334 g/mol. The lowest BCUT2D eigenvalue weighted by atomic mass is 10.1. The highest BCUT2D eigenvalue weighted by molar-refractivity contribution is 9.10. The zero-order chi connectivity index (χ0) is 15.4. The Morgan fingerprint density at radius 1 is 1.33 bits per heavy atom. The number of hydrogen-bond acceptors (Lipinski definition) is 5. The van der Waals surface area contributed by atoms with E-state index < -0.39 is 5.97 Å². The smallest absolute Gasteiger partial charge is 0.376 e. The summed E-state index contributed by atoms with van der Waals surface area (Å²) in [5.41, 5.74) is 1.81. The van der Waals surface area contributed by atoms with E-state index in [4.69, 9.17) is 0 Å². The van der Waals surface area contributed by atoms with Crippen molar-refractivity contribution in [3.8, 4) is 0 Å². The number of halogens is 1. The van der Waals surface area contributed by atoms with E-state index in [2.05, 4.69) is 36.0 Å². The standard InChI is InChI=1S/C15H16BrN3O2/c1-9-7-13(19-14(17-9)15(20)21-3)18-10(2)11-5-4-6-12(16)8-11/h4-8,10H,1-3H3,(H,17,18,19). The topological polar surface area (TPSA) is 64.1 Å². The molecule has 5 nitrogen and oxygen atoms in total. The molecule has 1 N–H and O–H groups in total. The second-order valence-electron chi connectivity index (χ2n) is 4.63. The molecule has 0 aliphatic rings. The van der Waals surface area contributed by atoms with E-state index in [1.807, 2.05) is 38.1 Å². The second-order valence-corrected chi connectivity index (χ2v) is 5.55. The highest BCUT2D eigenvalue weighted by Gasteiger charge is 2.13. The molecule has 1 aromatic heterocycles. The van der Waals surface area contributed by atoms with E-state index in [1.54, 1.807) is 6.07 Å². The van der Waals surface area contributed by atoms with Crippen molar-refractivity contribution in [1.29, 1.82) is 0 Å². The third kappa shape index (κ3) is 4.01. The summed E-state index contributed by atoms with van der Waals surface area (Å²) in [5, 5.41) is 3.27. The van der Waals surface area contributed by atoms with E-state index in [-0.39, 0.29) is 11.9 Å². The number of aromatic nitrogens is 2. The van der Waals surface area contributed by atoms with Gasteiger partial charge in [0.25, 0.3) is 0 Å². The Morgan fingerprint density at radius 2 is 2.10 bits per heavy atom. The molecule has 0 aliphatic carbocycles. The van der Waals surface area contributed by atoms with Gasteiger partial charge in [0.2, 0.25) is 5.82 Å². The number of carbonyl (C=O) groups is 1. The van der Waals surface area contributed by atoms with Gasteiger partial charge in [0.05, 0.1) is 7.11 Å². The fourth-order valence-electron chi connectivity index (χ4n) is 1.91. The van der Waals surface area contributed by atoms with E-state index in [1.165, 1.54) is 7.11 Å². The molecule has 21 heavy (non-hydrogen) atoms. The molecule has 2 rings (SSSR count). The number of anilines is 1. The molecule has 0 aliphatic heterocycles. The van der Waals surface area contributed by atoms with Crippen LogP contribution in [0, 0.1) is 6.92 Å². The maximum atomic E-state index is 11.5. The third-order valence-corrected chi connectivity index (χ3v) is 3.43. The first kappa shape index (κ1) is 15.4. The van der Waals surface area contributed by atoms with Crippen LogP contribution in [-0.4, -0.2) is 23.0 Å². The molecular formula is C15H16BrN3O2. The van der Waals surface area contributed by atoms with Crippen LogP contribution >= 0.6 is 15.9 Å². The molecule has 0 radical (unpaired) electrons. The Hall–Kier alpha value is -1.95. The van der Waals surface area contributed by atoms with E-state index in [0.29, 0.717) is 11.5 Å². The van der Waals surface area contributed by atoms with Crippen LogP contribution in [0.1, 0.15) is 34.8 Å². The van der Waals surface area contributed by atoms with Crippen molar-refractivity contribution >= 4 is 27.7 Å². The molecule has 1 heterocycles. The quantitative estimate of drug-likeness (QED) is 0.855. The lowest BCUT2D eigenvalue weighted by molar-refractivity contribution is 0.0586. The van der Waals surface area contributed by atoms with Crippen LogP contribution in [0.25, 0.3) is 0 Å². The van der Waals surface area contributed by atoms with Gasteiger partial charge in [-0.05, 0) is 31.5 Å². The average Bonchev–Trinajstić information content (AvgIpc) is 2.45. The van der Waals surface area contributed by atoms with E-state index in [9.17, 15) is 4.79 Å². The molecule has 1 unspecified atom stereocenters. The van der Waals surface area contributed by atoms with Crippen molar-refractivity contribution in [3.63, 3.8) is 0 Å². The maximum Gasteiger partial charge on any atom is 0.376 e. The predicted molar refractivity (Wildman–Crippen MR) is 84.3 cm³/mol. The number of methoxy groups -OCH3 is 1. The molecule has 110 valence electrons. The molecule has 6 heteroatoms. The van der Waals surface area contributed by atoms with Crippen molar-refractivity contribution in [2.24, 2.45) is 0 Å². The zero-order valence-corrected chi connectivity index (χ0v) is 13.6. The molecule has 0 saturated carbocycles. The van der Waals surface area contributed by atoms with Crippen LogP contribution in [0.4, 0.5) is 5.82 Å². The summed E-state index contributed by atoms with van der Waals surface area (Å²) in [6, 6.07) is 9.84. The van der Waals surface area contributed by atoms with Crippen molar-refractivity contribution in [1.82, 2.24) is 9.97 Å². The minimum Gasteiger partial charge on any atom is -0.463 e. The Balaban J connectivity index is 2.23. The highest BCUT2D eigenvalue weighted by atomic mass is 79.9. The minimum absolute atomic E-state index is 0.0438. The Labute approximate surface area is 131 Å². The van der Waals surface area contributed by atoms with E-state index in [0.717, 1.165) is 10.0 Å². The van der Waals surface area contributed by atoms with Crippen LogP contribution in [0.5, 0.6) is 0 Å². The number of nitrogens with one attached hydrogen (secondary N) is 1. The fraction of sp³-hybridized carbons (Fsp3) is 0.267. The fourth-order valence-corrected chi connectivity index (χ4v) is 2.32. The SMILES string of the molecule is COC(=O)c1nc(C)cc(NC(C)c2cccc(Br)c2)n1. The lowest BCUT2D eigenvalue weighted by Crippen LogP contribution is -2.13. The Bertz CT molecular complexity index is 661. The van der Waals surface area contributed by atoms with Crippen molar-refractivity contribution in [2.45, 2.75) is 19.9 Å². The monoisotopic (exact) mass is 349 g/mol. The number of nitrogens with zero attached hydrogens (tertiary/aromatic N) is 2. The zero-order valence-electron chi connectivity index (χ0n) is 12.1. The van der Waals surface area contributed by atoms with Gasteiger partial charge in [0.1, 0.15) is 5.82 Å². The van der Waals surface area contributed by atoms with Crippen LogP contribution in [0.3, 0.4) is 0 Å². The first-order valence-electron chi connectivity index (χ1n) is 6.45. The number of aryl methyl sites for hydroxylation is 1. The van der Waals surface area contributed by atoms with Gasteiger partial charge in [0, 0.05) is 22.3 Å². The number of benzene rings is 1. The van der Waals surface area contributed by atoms with Crippen molar-refractivity contribution in [3.05, 3.63) is 51.9 Å². The second kappa shape index (κ2) is 6.67. The summed E-state index contributed by atoms with van der Waals surface area (Å²) in [5.74, 6) is 0.105. The van der Waals surface area contributed by atoms with Crippen LogP contribution in [0.2, 0.25) is 0 Å². The van der Waals surface area contributed by atoms with Crippen LogP contribution in [-0.2, 0) is 4.74 Å². The highest BCUT2D eigenvalue weighted by Crippen LogP contribution is 2.21. The molecule has 0 bridgehead atoms.